The van der Waals surface area contributed by atoms with E-state index in [-0.39, 0.29) is 11.2 Å². The molecule has 2 heterocycles. The predicted octanol–water partition coefficient (Wildman–Crippen LogP) is 2.03. The van der Waals surface area contributed by atoms with Crippen molar-refractivity contribution < 1.29 is 9.13 Å². The number of aryl methyl sites for hydroxylation is 2. The summed E-state index contributed by atoms with van der Waals surface area (Å²) < 4.78 is 23.8. The highest BCUT2D eigenvalue weighted by Crippen LogP contribution is 2.28. The van der Waals surface area contributed by atoms with Crippen molar-refractivity contribution in [1.82, 2.24) is 24.1 Å². The Morgan fingerprint density at radius 1 is 1.03 bits per heavy atom. The van der Waals surface area contributed by atoms with E-state index in [0.717, 1.165) is 16.2 Å². The lowest BCUT2D eigenvalue weighted by molar-refractivity contribution is 0.411. The van der Waals surface area contributed by atoms with Crippen LogP contribution in [0.5, 0.6) is 5.75 Å². The third kappa shape index (κ3) is 2.91. The molecule has 0 aliphatic rings. The minimum absolute atomic E-state index is 0.168. The largest absolute Gasteiger partial charge is 0.494 e. The number of ether oxygens (including phenoxy) is 1. The van der Waals surface area contributed by atoms with Crippen LogP contribution in [-0.4, -0.2) is 31.2 Å². The van der Waals surface area contributed by atoms with Gasteiger partial charge in [-0.3, -0.25) is 4.79 Å². The van der Waals surface area contributed by atoms with Crippen LogP contribution in [0.25, 0.3) is 22.4 Å². The predicted molar refractivity (Wildman–Crippen MR) is 106 cm³/mol. The van der Waals surface area contributed by atoms with Crippen LogP contribution >= 0.6 is 0 Å². The maximum atomic E-state index is 14.8. The molecule has 4 aromatic rings. The average molecular weight is 395 g/mol. The molecule has 29 heavy (non-hydrogen) atoms. The van der Waals surface area contributed by atoms with Crippen LogP contribution in [0.3, 0.4) is 0 Å². The number of fused-ring (bicyclic) bond motifs is 1. The highest BCUT2D eigenvalue weighted by molar-refractivity contribution is 5.79. The van der Waals surface area contributed by atoms with Gasteiger partial charge >= 0.3 is 5.69 Å². The molecule has 148 valence electrons. The number of hydrogen-bond acceptors (Lipinski definition) is 5. The number of nitrogens with zero attached hydrogens (tertiary/aromatic N) is 5. The molecule has 0 saturated heterocycles. The number of benzene rings is 2. The first-order chi connectivity index (χ1) is 13.8. The van der Waals surface area contributed by atoms with E-state index in [1.165, 1.54) is 35.5 Å². The Balaban J connectivity index is 2.04. The minimum Gasteiger partial charge on any atom is -0.494 e. The molecule has 0 unspecified atom stereocenters. The van der Waals surface area contributed by atoms with Crippen molar-refractivity contribution in [2.24, 2.45) is 7.05 Å². The van der Waals surface area contributed by atoms with Gasteiger partial charge in [0.25, 0.3) is 5.56 Å². The lowest BCUT2D eigenvalue weighted by atomic mass is 10.2. The van der Waals surface area contributed by atoms with Crippen molar-refractivity contribution in [3.05, 3.63) is 74.3 Å². The molecule has 0 spiro atoms. The zero-order chi connectivity index (χ0) is 20.9. The fraction of sp³-hybridized carbons (Fsp3) is 0.200. The van der Waals surface area contributed by atoms with Gasteiger partial charge in [0.05, 0.1) is 18.3 Å². The summed E-state index contributed by atoms with van der Waals surface area (Å²) in [4.78, 5) is 25.1. The smallest absolute Gasteiger partial charge is 0.335 e. The second-order valence-corrected chi connectivity index (χ2v) is 6.77. The average Bonchev–Trinajstić information content (AvgIpc) is 3.08. The van der Waals surface area contributed by atoms with E-state index in [4.69, 9.17) is 4.74 Å². The van der Waals surface area contributed by atoms with Gasteiger partial charge in [0, 0.05) is 24.9 Å². The third-order valence-corrected chi connectivity index (χ3v) is 4.88. The Morgan fingerprint density at radius 2 is 1.79 bits per heavy atom. The van der Waals surface area contributed by atoms with Crippen LogP contribution in [0.1, 0.15) is 11.3 Å². The summed E-state index contributed by atoms with van der Waals surface area (Å²) in [6, 6.07) is 9.37. The minimum atomic E-state index is -0.746. The van der Waals surface area contributed by atoms with Gasteiger partial charge in [-0.1, -0.05) is 11.3 Å². The van der Waals surface area contributed by atoms with Crippen molar-refractivity contribution in [2.45, 2.75) is 13.8 Å². The molecule has 0 atom stereocenters. The molecule has 0 aliphatic carbocycles. The zero-order valence-electron chi connectivity index (χ0n) is 16.3. The van der Waals surface area contributed by atoms with Crippen molar-refractivity contribution in [3.8, 4) is 17.1 Å². The summed E-state index contributed by atoms with van der Waals surface area (Å²) in [5, 5.41) is 8.14. The second kappa shape index (κ2) is 6.69. The summed E-state index contributed by atoms with van der Waals surface area (Å²) in [6.45, 7) is 3.55. The van der Waals surface area contributed by atoms with E-state index >= 15 is 0 Å². The molecule has 4 rings (SSSR count). The molecule has 0 radical (unpaired) electrons. The van der Waals surface area contributed by atoms with Gasteiger partial charge in [0.15, 0.2) is 0 Å². The van der Waals surface area contributed by atoms with Crippen LogP contribution in [0.15, 0.2) is 46.0 Å². The fourth-order valence-corrected chi connectivity index (χ4v) is 3.20. The maximum Gasteiger partial charge on any atom is 0.335 e. The van der Waals surface area contributed by atoms with Crippen molar-refractivity contribution in [2.75, 3.05) is 7.11 Å². The first-order valence-corrected chi connectivity index (χ1v) is 8.82. The Labute approximate surface area is 164 Å². The summed E-state index contributed by atoms with van der Waals surface area (Å²) in [7, 11) is 3.06. The number of halogens is 1. The highest BCUT2D eigenvalue weighted by atomic mass is 19.1. The normalized spacial score (nSPS) is 11.2. The van der Waals surface area contributed by atoms with E-state index in [1.807, 2.05) is 19.1 Å². The van der Waals surface area contributed by atoms with Gasteiger partial charge in [-0.05, 0) is 37.6 Å². The third-order valence-electron chi connectivity index (χ3n) is 4.88. The Kier molecular flexibility index (Phi) is 4.30. The van der Waals surface area contributed by atoms with Crippen molar-refractivity contribution in [3.63, 3.8) is 0 Å². The lowest BCUT2D eigenvalue weighted by Crippen LogP contribution is -2.38. The molecule has 8 nitrogen and oxygen atoms in total. The number of aromatic nitrogens is 5. The molecular weight excluding hydrogens is 377 g/mol. The molecule has 2 aromatic heterocycles. The van der Waals surface area contributed by atoms with Gasteiger partial charge in [-0.2, -0.15) is 0 Å². The molecule has 0 fully saturated rings. The van der Waals surface area contributed by atoms with Gasteiger partial charge in [0.1, 0.15) is 22.8 Å². The molecule has 0 bridgehead atoms. The molecule has 0 aliphatic heterocycles. The van der Waals surface area contributed by atoms with E-state index in [2.05, 4.69) is 10.3 Å². The van der Waals surface area contributed by atoms with Crippen LogP contribution in [0.2, 0.25) is 0 Å². The van der Waals surface area contributed by atoms with E-state index < -0.39 is 17.1 Å². The van der Waals surface area contributed by atoms with Gasteiger partial charge < -0.3 is 9.30 Å². The zero-order valence-corrected chi connectivity index (χ0v) is 16.3. The van der Waals surface area contributed by atoms with Crippen LogP contribution in [-0.2, 0) is 7.05 Å². The Hall–Kier alpha value is -3.75. The van der Waals surface area contributed by atoms with E-state index in [1.54, 1.807) is 13.0 Å². The number of hydrogen-bond donors (Lipinski definition) is 0. The van der Waals surface area contributed by atoms with E-state index in [0.29, 0.717) is 22.6 Å². The highest BCUT2D eigenvalue weighted by Gasteiger charge is 2.18. The summed E-state index contributed by atoms with van der Waals surface area (Å²) in [6.07, 6.45) is 0. The molecular formula is C20H18FN5O3. The van der Waals surface area contributed by atoms with Crippen LogP contribution in [0.4, 0.5) is 4.39 Å². The number of rotatable bonds is 3. The molecule has 0 saturated carbocycles. The van der Waals surface area contributed by atoms with Gasteiger partial charge in [-0.15, -0.1) is 5.10 Å². The topological polar surface area (TPSA) is 83.9 Å². The quantitative estimate of drug-likeness (QED) is 0.530. The summed E-state index contributed by atoms with van der Waals surface area (Å²) >= 11 is 0. The molecule has 9 heteroatoms. The maximum absolute atomic E-state index is 14.8. The standard InChI is InChI=1S/C20H18FN5O3/c1-11-5-6-18(29-4)17(7-11)26-16-10-15(13(21)9-14(16)22-23-26)25-19(27)8-12(2)24(3)20(25)28/h5-10H,1-4H3. The van der Waals surface area contributed by atoms with E-state index in [9.17, 15) is 14.0 Å². The Bertz CT molecular complexity index is 1380. The monoisotopic (exact) mass is 395 g/mol. The molecule has 0 N–H and O–H groups in total. The summed E-state index contributed by atoms with van der Waals surface area (Å²) in [5.41, 5.74) is 1.35. The van der Waals surface area contributed by atoms with Gasteiger partial charge in [-0.25, -0.2) is 18.4 Å². The van der Waals surface area contributed by atoms with Gasteiger partial charge in [0.2, 0.25) is 0 Å². The second-order valence-electron chi connectivity index (χ2n) is 6.77. The summed E-state index contributed by atoms with van der Waals surface area (Å²) in [5.74, 6) is -0.194. The van der Waals surface area contributed by atoms with Crippen molar-refractivity contribution in [1.29, 1.82) is 0 Å². The fourth-order valence-electron chi connectivity index (χ4n) is 3.20. The van der Waals surface area contributed by atoms with Crippen LogP contribution in [0, 0.1) is 19.7 Å². The molecule has 2 aromatic carbocycles. The molecule has 0 amide bonds. The van der Waals surface area contributed by atoms with Crippen molar-refractivity contribution >= 4 is 11.0 Å². The Morgan fingerprint density at radius 3 is 2.52 bits per heavy atom. The number of methoxy groups -OCH3 is 1. The first-order valence-electron chi connectivity index (χ1n) is 8.82. The lowest BCUT2D eigenvalue weighted by Gasteiger charge is -2.12. The SMILES string of the molecule is COc1ccc(C)cc1-n1nnc2cc(F)c(-n3c(=O)cc(C)n(C)c3=O)cc21. The van der Waals surface area contributed by atoms with Crippen LogP contribution < -0.4 is 16.0 Å². The first kappa shape index (κ1) is 18.6.